The molecular weight excluding hydrogens is 583 g/mol. The molecule has 0 saturated heterocycles. The first-order chi connectivity index (χ1) is 20.1. The highest BCUT2D eigenvalue weighted by Crippen LogP contribution is 2.38. The Morgan fingerprint density at radius 3 is 1.22 bits per heavy atom. The van der Waals surface area contributed by atoms with E-state index < -0.39 is 0 Å². The van der Waals surface area contributed by atoms with Gasteiger partial charge in [-0.3, -0.25) is 0 Å². The molecule has 1 aromatic rings. The molecule has 0 aromatic heterocycles. The second-order valence-electron chi connectivity index (χ2n) is 12.7. The minimum Gasteiger partial charge on any atom is -0.507 e. The van der Waals surface area contributed by atoms with E-state index in [9.17, 15) is 5.11 Å². The summed E-state index contributed by atoms with van der Waals surface area (Å²) in [5, 5.41) is 13.1. The quantitative estimate of drug-likeness (QED) is 0.0674. The van der Waals surface area contributed by atoms with E-state index in [4.69, 9.17) is 0 Å². The number of benzene rings is 1. The van der Waals surface area contributed by atoms with Gasteiger partial charge in [0.2, 0.25) is 0 Å². The smallest absolute Gasteiger partial charge is 0.126 e. The molecule has 1 rings (SSSR count). The first kappa shape index (κ1) is 39.0. The molecule has 1 N–H and O–H groups in total. The summed E-state index contributed by atoms with van der Waals surface area (Å²) in [6, 6.07) is 0. The highest BCUT2D eigenvalue weighted by Gasteiger charge is 2.22. The van der Waals surface area contributed by atoms with Crippen molar-refractivity contribution >= 4 is 29.8 Å². The van der Waals surface area contributed by atoms with E-state index in [0.29, 0.717) is 5.75 Å². The van der Waals surface area contributed by atoms with Gasteiger partial charge in [-0.1, -0.05) is 181 Å². The third-order valence-electron chi connectivity index (χ3n) is 8.89. The molecule has 0 fully saturated rings. The van der Waals surface area contributed by atoms with Crippen LogP contribution in [-0.2, 0) is 19.3 Å². The summed E-state index contributed by atoms with van der Waals surface area (Å²) in [5.74, 6) is 0.693. The minimum atomic E-state index is 0.693. The molecule has 1 nitrogen and oxygen atoms in total. The van der Waals surface area contributed by atoms with Gasteiger partial charge >= 0.3 is 0 Å². The maximum Gasteiger partial charge on any atom is 0.126 e. The Labute approximate surface area is 268 Å². The predicted molar refractivity (Wildman–Crippen MR) is 193 cm³/mol. The molecule has 0 spiro atoms. The molecule has 1 atom stereocenters. The van der Waals surface area contributed by atoms with Crippen molar-refractivity contribution in [3.8, 4) is 5.75 Å². The first-order valence-electron chi connectivity index (χ1n) is 18.4. The van der Waals surface area contributed by atoms with Crippen LogP contribution in [0.2, 0.25) is 0 Å². The summed E-state index contributed by atoms with van der Waals surface area (Å²) in [5.41, 5.74) is 4.19. The predicted octanol–water partition coefficient (Wildman–Crippen LogP) is 13.5. The van der Waals surface area contributed by atoms with Gasteiger partial charge in [0.05, 0.1) is 0 Å². The van der Waals surface area contributed by atoms with Gasteiger partial charge in [-0.05, 0) is 67.8 Å². The van der Waals surface area contributed by atoms with Crippen LogP contribution in [-0.4, -0.2) is 11.3 Å². The number of rotatable bonds is 29. The van der Waals surface area contributed by atoms with Crippen LogP contribution in [0.5, 0.6) is 5.75 Å². The second kappa shape index (κ2) is 27.5. The molecule has 240 valence electrons. The van der Waals surface area contributed by atoms with Gasteiger partial charge in [0.1, 0.15) is 5.75 Å². The fourth-order valence-corrected chi connectivity index (χ4v) is 8.66. The van der Waals surface area contributed by atoms with Gasteiger partial charge in [-0.25, -0.2) is 0 Å². The molecule has 0 radical (unpaired) electrons. The zero-order valence-corrected chi connectivity index (χ0v) is 30.7. The molecule has 3 heteroatoms. The second-order valence-corrected chi connectivity index (χ2v) is 14.9. The van der Waals surface area contributed by atoms with Crippen LogP contribution in [0.15, 0.2) is 4.47 Å². The maximum atomic E-state index is 11.8. The molecule has 41 heavy (non-hydrogen) atoms. The van der Waals surface area contributed by atoms with Crippen molar-refractivity contribution in [3.63, 3.8) is 0 Å². The maximum absolute atomic E-state index is 11.8. The third-order valence-corrected chi connectivity index (χ3v) is 11.3. The lowest BCUT2D eigenvalue weighted by molar-refractivity contribution is 0.468. The average molecular weight is 654 g/mol. The summed E-state index contributed by atoms with van der Waals surface area (Å²) >= 11 is 4.15. The van der Waals surface area contributed by atoms with Crippen LogP contribution in [0.3, 0.4) is 0 Å². The third kappa shape index (κ3) is 17.7. The standard InChI is InChI=1S/C38H70BrOP/c1-5-9-13-17-18-19-20-21-22-23-24-28-32-41-38-35(31-27-16-12-8-4)36(39)33(29-25-14-10-6-2)34(37(38)40)30-26-15-11-7-3/h40-41H,5-32H2,1-4H3. The Bertz CT molecular complexity index is 747. The number of halogens is 1. The molecule has 0 saturated carbocycles. The highest BCUT2D eigenvalue weighted by molar-refractivity contribution is 9.10. The van der Waals surface area contributed by atoms with E-state index in [-0.39, 0.29) is 0 Å². The summed E-state index contributed by atoms with van der Waals surface area (Å²) < 4.78 is 1.37. The Hall–Kier alpha value is -0.0700. The Balaban J connectivity index is 2.80. The van der Waals surface area contributed by atoms with E-state index in [1.165, 1.54) is 187 Å². The number of hydrogen-bond donors (Lipinski definition) is 1. The van der Waals surface area contributed by atoms with Crippen molar-refractivity contribution < 1.29 is 5.11 Å². The summed E-state index contributed by atoms with van der Waals surface area (Å²) in [4.78, 5) is 0. The molecule has 1 unspecified atom stereocenters. The van der Waals surface area contributed by atoms with Gasteiger partial charge < -0.3 is 5.11 Å². The van der Waals surface area contributed by atoms with E-state index in [1.54, 1.807) is 0 Å². The number of hydrogen-bond acceptors (Lipinski definition) is 1. The van der Waals surface area contributed by atoms with Crippen LogP contribution >= 0.6 is 24.5 Å². The number of unbranched alkanes of at least 4 members (excludes halogenated alkanes) is 20. The fraction of sp³-hybridized carbons (Fsp3) is 0.842. The van der Waals surface area contributed by atoms with Crippen molar-refractivity contribution in [1.29, 1.82) is 0 Å². The van der Waals surface area contributed by atoms with Crippen LogP contribution in [0, 0.1) is 0 Å². The van der Waals surface area contributed by atoms with Gasteiger partial charge in [0.25, 0.3) is 0 Å². The zero-order chi connectivity index (χ0) is 30.0. The Morgan fingerprint density at radius 2 is 0.780 bits per heavy atom. The SMILES string of the molecule is CCCCCCCCCCCCCCPc1c(O)c(CCCCCC)c(CCCCCC)c(Br)c1CCCCCC. The summed E-state index contributed by atoms with van der Waals surface area (Å²) in [6.45, 7) is 9.18. The van der Waals surface area contributed by atoms with Gasteiger partial charge in [0, 0.05) is 9.78 Å². The number of phenols is 1. The van der Waals surface area contributed by atoms with Crippen LogP contribution in [0.25, 0.3) is 0 Å². The molecule has 0 amide bonds. The lowest BCUT2D eigenvalue weighted by Gasteiger charge is -2.22. The van der Waals surface area contributed by atoms with Gasteiger partial charge in [-0.2, -0.15) is 0 Å². The lowest BCUT2D eigenvalue weighted by Crippen LogP contribution is -2.14. The van der Waals surface area contributed by atoms with Gasteiger partial charge in [0.15, 0.2) is 0 Å². The Morgan fingerprint density at radius 1 is 0.439 bits per heavy atom. The molecule has 0 aliphatic rings. The molecule has 0 bridgehead atoms. The van der Waals surface area contributed by atoms with Crippen LogP contribution in [0.1, 0.15) is 198 Å². The van der Waals surface area contributed by atoms with Crippen molar-refractivity contribution in [1.82, 2.24) is 0 Å². The van der Waals surface area contributed by atoms with Crippen LogP contribution < -0.4 is 5.30 Å². The van der Waals surface area contributed by atoms with E-state index in [2.05, 4.69) is 43.6 Å². The van der Waals surface area contributed by atoms with E-state index in [0.717, 1.165) is 27.8 Å². The average Bonchev–Trinajstić information content (AvgIpc) is 2.97. The van der Waals surface area contributed by atoms with Crippen LogP contribution in [0.4, 0.5) is 0 Å². The number of phenolic OH excluding ortho intramolecular Hbond substituents is 1. The van der Waals surface area contributed by atoms with Crippen molar-refractivity contribution in [2.75, 3.05) is 6.16 Å². The summed E-state index contributed by atoms with van der Waals surface area (Å²) in [7, 11) is 0.743. The normalized spacial score (nSPS) is 11.8. The molecule has 0 aliphatic heterocycles. The highest BCUT2D eigenvalue weighted by atomic mass is 79.9. The van der Waals surface area contributed by atoms with E-state index >= 15 is 0 Å². The van der Waals surface area contributed by atoms with E-state index in [1.807, 2.05) is 0 Å². The number of aromatic hydroxyl groups is 1. The molecule has 0 aliphatic carbocycles. The zero-order valence-electron chi connectivity index (χ0n) is 28.1. The molecule has 0 heterocycles. The van der Waals surface area contributed by atoms with Crippen molar-refractivity contribution in [2.24, 2.45) is 0 Å². The molecular formula is C38H70BrOP. The fourth-order valence-electron chi connectivity index (χ4n) is 6.18. The topological polar surface area (TPSA) is 20.2 Å². The lowest BCUT2D eigenvalue weighted by atomic mass is 9.92. The molecule has 1 aromatic carbocycles. The van der Waals surface area contributed by atoms with Gasteiger partial charge in [-0.15, -0.1) is 0 Å². The van der Waals surface area contributed by atoms with Crippen molar-refractivity contribution in [2.45, 2.75) is 201 Å². The summed E-state index contributed by atoms with van der Waals surface area (Å²) in [6.07, 6.45) is 36.7. The largest absolute Gasteiger partial charge is 0.507 e. The Kier molecular flexibility index (Phi) is 26.1. The van der Waals surface area contributed by atoms with Crippen molar-refractivity contribution in [3.05, 3.63) is 21.2 Å². The first-order valence-corrected chi connectivity index (χ1v) is 20.4. The monoisotopic (exact) mass is 652 g/mol. The minimum absolute atomic E-state index is 0.693.